The summed E-state index contributed by atoms with van der Waals surface area (Å²) >= 11 is 14.3. The topological polar surface area (TPSA) is 115 Å². The number of anilines is 1. The SMILES string of the molecule is COc1cc(C(=O)O)cc2sc(N3C[C@H]4CC[C@H](OCC(C(=O)C5CC5)=C(N)c5c(Cl)cccc5Cl)C[C@H]4C3)nc12. The molecule has 8 nitrogen and oxygen atoms in total. The first-order chi connectivity index (χ1) is 19.7. The number of rotatable bonds is 9. The van der Waals surface area contributed by atoms with E-state index in [1.165, 1.54) is 24.5 Å². The minimum absolute atomic E-state index is 0.00782. The number of aromatic carboxylic acids is 1. The molecule has 3 N–H and O–H groups in total. The van der Waals surface area contributed by atoms with Crippen LogP contribution in [0.5, 0.6) is 5.75 Å². The van der Waals surface area contributed by atoms with Crippen molar-refractivity contribution in [3.63, 3.8) is 0 Å². The van der Waals surface area contributed by atoms with Gasteiger partial charge in [-0.3, -0.25) is 4.79 Å². The Kier molecular flexibility index (Phi) is 7.89. The molecule has 0 spiro atoms. The van der Waals surface area contributed by atoms with Crippen molar-refractivity contribution in [2.45, 2.75) is 38.2 Å². The molecule has 0 radical (unpaired) electrons. The molecule has 11 heteroatoms. The Morgan fingerprint density at radius 1 is 1.12 bits per heavy atom. The highest BCUT2D eigenvalue weighted by molar-refractivity contribution is 7.22. The van der Waals surface area contributed by atoms with Gasteiger partial charge in [-0.15, -0.1) is 0 Å². The van der Waals surface area contributed by atoms with Crippen molar-refractivity contribution < 1.29 is 24.2 Å². The fourth-order valence-electron chi connectivity index (χ4n) is 6.08. The number of carboxylic acid groups (broad SMARTS) is 1. The average molecular weight is 617 g/mol. The van der Waals surface area contributed by atoms with E-state index in [4.69, 9.17) is 43.4 Å². The van der Waals surface area contributed by atoms with E-state index in [1.807, 2.05) is 0 Å². The Bertz CT molecular complexity index is 1530. The van der Waals surface area contributed by atoms with Gasteiger partial charge in [0.2, 0.25) is 0 Å². The van der Waals surface area contributed by atoms with Crippen LogP contribution in [0.4, 0.5) is 5.13 Å². The van der Waals surface area contributed by atoms with Gasteiger partial charge in [0, 0.05) is 30.1 Å². The van der Waals surface area contributed by atoms with Gasteiger partial charge in [0.25, 0.3) is 0 Å². The van der Waals surface area contributed by atoms with Crippen LogP contribution in [0.3, 0.4) is 0 Å². The predicted octanol–water partition coefficient (Wildman–Crippen LogP) is 6.28. The minimum Gasteiger partial charge on any atom is -0.494 e. The Hall–Kier alpha value is -2.85. The number of benzene rings is 2. The Balaban J connectivity index is 1.16. The average Bonchev–Trinajstić information content (AvgIpc) is 3.57. The summed E-state index contributed by atoms with van der Waals surface area (Å²) in [7, 11) is 1.53. The third kappa shape index (κ3) is 5.65. The number of aromatic nitrogens is 1. The predicted molar refractivity (Wildman–Crippen MR) is 161 cm³/mol. The Morgan fingerprint density at radius 3 is 2.54 bits per heavy atom. The van der Waals surface area contributed by atoms with Gasteiger partial charge < -0.3 is 25.2 Å². The number of ether oxygens (including phenoxy) is 2. The fraction of sp³-hybridized carbons (Fsp3) is 0.433. The lowest BCUT2D eigenvalue weighted by molar-refractivity contribution is -0.117. The maximum atomic E-state index is 13.2. The third-order valence-electron chi connectivity index (χ3n) is 8.45. The van der Waals surface area contributed by atoms with Crippen LogP contribution in [-0.2, 0) is 9.53 Å². The molecule has 6 rings (SSSR count). The molecule has 2 heterocycles. The highest BCUT2D eigenvalue weighted by Crippen LogP contribution is 2.43. The summed E-state index contributed by atoms with van der Waals surface area (Å²) in [5, 5.41) is 11.2. The van der Waals surface area contributed by atoms with E-state index in [1.54, 1.807) is 24.3 Å². The maximum Gasteiger partial charge on any atom is 0.335 e. The van der Waals surface area contributed by atoms with Crippen molar-refractivity contribution >= 4 is 67.3 Å². The molecule has 3 aliphatic rings. The number of carbonyl (C=O) groups is 2. The molecule has 216 valence electrons. The normalized spacial score (nSPS) is 22.9. The molecule has 3 fully saturated rings. The number of nitrogens with zero attached hydrogens (tertiary/aromatic N) is 2. The number of carbonyl (C=O) groups excluding carboxylic acids is 1. The zero-order valence-electron chi connectivity index (χ0n) is 22.6. The van der Waals surface area contributed by atoms with Gasteiger partial charge in [0.1, 0.15) is 11.3 Å². The van der Waals surface area contributed by atoms with Crippen LogP contribution >= 0.6 is 34.5 Å². The summed E-state index contributed by atoms with van der Waals surface area (Å²) in [6.07, 6.45) is 4.55. The molecule has 0 amide bonds. The number of ketones is 1. The number of hydrogen-bond donors (Lipinski definition) is 2. The van der Waals surface area contributed by atoms with E-state index in [2.05, 4.69) is 4.90 Å². The highest BCUT2D eigenvalue weighted by atomic mass is 35.5. The molecule has 1 aromatic heterocycles. The van der Waals surface area contributed by atoms with Crippen LogP contribution in [-0.4, -0.2) is 54.8 Å². The molecule has 2 aromatic carbocycles. The van der Waals surface area contributed by atoms with Crippen molar-refractivity contribution in [3.05, 3.63) is 57.1 Å². The highest BCUT2D eigenvalue weighted by Gasteiger charge is 2.40. The second-order valence-corrected chi connectivity index (χ2v) is 12.9. The van der Waals surface area contributed by atoms with Crippen LogP contribution in [0, 0.1) is 17.8 Å². The second kappa shape index (κ2) is 11.4. The first-order valence-corrected chi connectivity index (χ1v) is 15.4. The Labute approximate surface area is 252 Å². The maximum absolute atomic E-state index is 13.2. The number of carboxylic acids is 1. The van der Waals surface area contributed by atoms with E-state index in [0.717, 1.165) is 55.0 Å². The fourth-order valence-corrected chi connectivity index (χ4v) is 7.72. The number of fused-ring (bicyclic) bond motifs is 2. The van der Waals surface area contributed by atoms with Crippen LogP contribution < -0.4 is 15.4 Å². The van der Waals surface area contributed by atoms with Crippen molar-refractivity contribution in [1.82, 2.24) is 4.98 Å². The number of hydrogen-bond acceptors (Lipinski definition) is 8. The van der Waals surface area contributed by atoms with Crippen molar-refractivity contribution in [1.29, 1.82) is 0 Å². The lowest BCUT2D eigenvalue weighted by atomic mass is 9.80. The molecule has 1 saturated heterocycles. The summed E-state index contributed by atoms with van der Waals surface area (Å²) in [5.74, 6) is 0.442. The van der Waals surface area contributed by atoms with Gasteiger partial charge in [-0.05, 0) is 68.2 Å². The number of nitrogens with two attached hydrogens (primary N) is 1. The van der Waals surface area contributed by atoms with Crippen LogP contribution in [0.25, 0.3) is 15.9 Å². The molecule has 2 saturated carbocycles. The van der Waals surface area contributed by atoms with Gasteiger partial charge in [0.05, 0.1) is 45.8 Å². The van der Waals surface area contributed by atoms with Gasteiger partial charge in [-0.1, -0.05) is 40.6 Å². The van der Waals surface area contributed by atoms with Gasteiger partial charge in [0.15, 0.2) is 10.9 Å². The van der Waals surface area contributed by atoms with Crippen LogP contribution in [0.2, 0.25) is 10.0 Å². The third-order valence-corrected chi connectivity index (χ3v) is 10.1. The molecule has 2 aliphatic carbocycles. The summed E-state index contributed by atoms with van der Waals surface area (Å²) in [6, 6.07) is 8.36. The van der Waals surface area contributed by atoms with Crippen molar-refractivity contribution in [3.8, 4) is 5.75 Å². The first-order valence-electron chi connectivity index (χ1n) is 13.8. The summed E-state index contributed by atoms with van der Waals surface area (Å²) in [6.45, 7) is 1.88. The minimum atomic E-state index is -0.994. The Morgan fingerprint density at radius 2 is 1.85 bits per heavy atom. The van der Waals surface area contributed by atoms with E-state index in [9.17, 15) is 14.7 Å². The van der Waals surface area contributed by atoms with Crippen molar-refractivity contribution in [2.75, 3.05) is 31.7 Å². The molecule has 0 bridgehead atoms. The molecule has 0 unspecified atom stereocenters. The number of halogens is 2. The number of Topliss-reactive ketones (excluding diaryl/α,β-unsaturated/α-hetero) is 1. The molecule has 41 heavy (non-hydrogen) atoms. The number of thiazole rings is 1. The lowest BCUT2D eigenvalue weighted by Crippen LogP contribution is -2.30. The van der Waals surface area contributed by atoms with Gasteiger partial charge in [-0.2, -0.15) is 0 Å². The van der Waals surface area contributed by atoms with E-state index < -0.39 is 5.97 Å². The van der Waals surface area contributed by atoms with E-state index in [-0.39, 0.29) is 30.0 Å². The second-order valence-electron chi connectivity index (χ2n) is 11.1. The molecule has 3 atom stereocenters. The van der Waals surface area contributed by atoms with Gasteiger partial charge in [-0.25, -0.2) is 9.78 Å². The zero-order valence-corrected chi connectivity index (χ0v) is 24.9. The van der Waals surface area contributed by atoms with Crippen molar-refractivity contribution in [2.24, 2.45) is 23.5 Å². The zero-order chi connectivity index (χ0) is 28.8. The summed E-state index contributed by atoms with van der Waals surface area (Å²) in [5.41, 5.74) is 8.64. The molecule has 3 aromatic rings. The van der Waals surface area contributed by atoms with E-state index in [0.29, 0.717) is 50.0 Å². The monoisotopic (exact) mass is 615 g/mol. The summed E-state index contributed by atoms with van der Waals surface area (Å²) < 4.78 is 12.6. The van der Waals surface area contributed by atoms with Gasteiger partial charge >= 0.3 is 5.97 Å². The van der Waals surface area contributed by atoms with Crippen LogP contribution in [0.1, 0.15) is 48.0 Å². The molecule has 1 aliphatic heterocycles. The standard InChI is InChI=1S/C30H31Cl2N3O5S/c1-39-23-10-17(29(37)38)11-24-27(23)34-30(41-24)35-12-16-7-8-19(9-18(16)13-35)40-14-20(28(36)15-5-6-15)26(33)25-21(31)3-2-4-22(25)32/h2-4,10-11,15-16,18-19H,5-9,12-14,33H2,1H3,(H,37,38)/t16-,18+,19+/m1/s1. The van der Waals surface area contributed by atoms with E-state index >= 15 is 0 Å². The largest absolute Gasteiger partial charge is 0.494 e. The summed E-state index contributed by atoms with van der Waals surface area (Å²) in [4.78, 5) is 31.9. The number of methoxy groups -OCH3 is 1. The molecular formula is C30H31Cl2N3O5S. The smallest absolute Gasteiger partial charge is 0.335 e. The van der Waals surface area contributed by atoms with Crippen LogP contribution in [0.15, 0.2) is 35.9 Å². The quantitative estimate of drug-likeness (QED) is 0.270. The molecular weight excluding hydrogens is 585 g/mol. The lowest BCUT2D eigenvalue weighted by Gasteiger charge is -2.31. The first kappa shape index (κ1) is 28.3.